The molecule has 0 aromatic rings. The van der Waals surface area contributed by atoms with E-state index in [0.717, 1.165) is 19.3 Å². The molecule has 0 rings (SSSR count). The molecule has 0 aliphatic rings. The van der Waals surface area contributed by atoms with Gasteiger partial charge < -0.3 is 9.90 Å². The van der Waals surface area contributed by atoms with Crippen LogP contribution >= 0.6 is 0 Å². The molecule has 0 aliphatic carbocycles. The zero-order chi connectivity index (χ0) is 6.41. The monoisotopic (exact) mass is 222 g/mol. The summed E-state index contributed by atoms with van der Waals surface area (Å²) in [5.74, 6) is -0.932. The second-order valence-corrected chi connectivity index (χ2v) is 1.83. The number of carbonyl (C=O) groups is 1. The zero-order valence-corrected chi connectivity index (χ0v) is 6.93. The molecule has 58 valence electrons. The summed E-state index contributed by atoms with van der Waals surface area (Å²) in [5, 5.41) is 9.76. The summed E-state index contributed by atoms with van der Waals surface area (Å²) < 4.78 is 0. The Morgan fingerprint density at radius 2 is 2.00 bits per heavy atom. The zero-order valence-electron chi connectivity index (χ0n) is 5.45. The largest absolute Gasteiger partial charge is 1.00 e. The van der Waals surface area contributed by atoms with Crippen molar-refractivity contribution in [3.63, 3.8) is 0 Å². The van der Waals surface area contributed by atoms with Gasteiger partial charge in [-0.25, -0.2) is 0 Å². The molecule has 0 bridgehead atoms. The summed E-state index contributed by atoms with van der Waals surface area (Å²) in [5.41, 5.74) is 0. The van der Waals surface area contributed by atoms with Crippen LogP contribution in [0.3, 0.4) is 0 Å². The Morgan fingerprint density at radius 1 is 1.44 bits per heavy atom. The van der Waals surface area contributed by atoms with Crippen molar-refractivity contribution in [1.29, 1.82) is 0 Å². The van der Waals surface area contributed by atoms with E-state index in [1.807, 2.05) is 6.92 Å². The first-order valence-corrected chi connectivity index (χ1v) is 2.97. The maximum Gasteiger partial charge on any atom is 1.00 e. The van der Waals surface area contributed by atoms with Crippen molar-refractivity contribution in [3.8, 4) is 0 Å². The first-order valence-electron chi connectivity index (χ1n) is 2.97. The summed E-state index contributed by atoms with van der Waals surface area (Å²) in [6.07, 6.45) is 3.04. The van der Waals surface area contributed by atoms with E-state index in [-0.39, 0.29) is 28.8 Å². The molecule has 0 spiro atoms. The van der Waals surface area contributed by atoms with Gasteiger partial charge in [0.2, 0.25) is 0 Å². The van der Waals surface area contributed by atoms with Gasteiger partial charge in [-0.3, -0.25) is 0 Å². The third kappa shape index (κ3) is 11.7. The van der Waals surface area contributed by atoms with E-state index in [4.69, 9.17) is 0 Å². The van der Waals surface area contributed by atoms with Crippen molar-refractivity contribution in [2.24, 2.45) is 0 Å². The predicted molar refractivity (Wildman–Crippen MR) is 29.1 cm³/mol. The average molecular weight is 223 g/mol. The van der Waals surface area contributed by atoms with E-state index in [1.165, 1.54) is 0 Å². The Hall–Kier alpha value is 0.210. The van der Waals surface area contributed by atoms with Crippen LogP contribution < -0.4 is 5.11 Å². The van der Waals surface area contributed by atoms with Gasteiger partial charge >= 0.3 is 22.4 Å². The number of carboxylic acids is 1. The van der Waals surface area contributed by atoms with Crippen LogP contribution in [0.1, 0.15) is 32.6 Å². The molecule has 0 N–H and O–H groups in total. The Labute approximate surface area is 71.2 Å². The van der Waals surface area contributed by atoms with Gasteiger partial charge in [0.05, 0.1) is 0 Å². The van der Waals surface area contributed by atoms with E-state index >= 15 is 0 Å². The van der Waals surface area contributed by atoms with Crippen molar-refractivity contribution in [3.05, 3.63) is 0 Å². The average Bonchev–Trinajstić information content (AvgIpc) is 1.66. The molecule has 9 heavy (non-hydrogen) atoms. The number of carbonyl (C=O) groups excluding carboxylic acids is 1. The molecule has 0 aromatic heterocycles. The van der Waals surface area contributed by atoms with Crippen LogP contribution in [0.4, 0.5) is 0 Å². The Bertz CT molecular complexity index is 73.5. The molecular formula is C6H11AgO2. The number of rotatable bonds is 4. The molecule has 0 unspecified atom stereocenters. The van der Waals surface area contributed by atoms with E-state index in [0.29, 0.717) is 0 Å². The van der Waals surface area contributed by atoms with Gasteiger partial charge in [0.1, 0.15) is 0 Å². The molecule has 3 heteroatoms. The quantitative estimate of drug-likeness (QED) is 0.508. The van der Waals surface area contributed by atoms with Crippen molar-refractivity contribution in [2.75, 3.05) is 0 Å². The van der Waals surface area contributed by atoms with Crippen LogP contribution in [0.25, 0.3) is 0 Å². The van der Waals surface area contributed by atoms with Gasteiger partial charge in [0, 0.05) is 5.97 Å². The molecule has 0 heterocycles. The van der Waals surface area contributed by atoms with Gasteiger partial charge in [0.15, 0.2) is 0 Å². The van der Waals surface area contributed by atoms with Gasteiger partial charge in [0.25, 0.3) is 0 Å². The van der Waals surface area contributed by atoms with E-state index in [2.05, 4.69) is 0 Å². The first-order chi connectivity index (χ1) is 3.77. The smallest absolute Gasteiger partial charge is 0.550 e. The molecule has 0 aromatic carbocycles. The second kappa shape index (κ2) is 8.21. The number of unbranched alkanes of at least 4 members (excludes halogenated alkanes) is 2. The summed E-state index contributed by atoms with van der Waals surface area (Å²) in [6, 6.07) is 0. The summed E-state index contributed by atoms with van der Waals surface area (Å²) in [6.45, 7) is 2.04. The van der Waals surface area contributed by atoms with Crippen LogP contribution in [-0.2, 0) is 27.2 Å². The maximum absolute atomic E-state index is 9.76. The summed E-state index contributed by atoms with van der Waals surface area (Å²) >= 11 is 0. The first kappa shape index (κ1) is 11.9. The Kier molecular flexibility index (Phi) is 10.9. The topological polar surface area (TPSA) is 40.1 Å². The molecule has 0 aliphatic heterocycles. The summed E-state index contributed by atoms with van der Waals surface area (Å²) in [7, 11) is 0. The fourth-order valence-electron chi connectivity index (χ4n) is 0.519. The fraction of sp³-hybridized carbons (Fsp3) is 0.833. The third-order valence-electron chi connectivity index (χ3n) is 0.984. The molecule has 0 saturated heterocycles. The van der Waals surface area contributed by atoms with Crippen LogP contribution in [0.15, 0.2) is 0 Å². The second-order valence-electron chi connectivity index (χ2n) is 1.83. The minimum absolute atomic E-state index is 0. The van der Waals surface area contributed by atoms with Gasteiger partial charge in [-0.2, -0.15) is 0 Å². The molecular weight excluding hydrogens is 212 g/mol. The number of hydrogen-bond acceptors (Lipinski definition) is 2. The van der Waals surface area contributed by atoms with Crippen LogP contribution in [-0.4, -0.2) is 5.97 Å². The standard InChI is InChI=1S/C6H12O2.Ag/c1-2-3-4-5-6(7)8;/h2-5H2,1H3,(H,7,8);/q;+1/p-1. The molecule has 0 atom stereocenters. The van der Waals surface area contributed by atoms with Crippen molar-refractivity contribution < 1.29 is 32.3 Å². The van der Waals surface area contributed by atoms with Crippen molar-refractivity contribution in [2.45, 2.75) is 32.6 Å². The normalized spacial score (nSPS) is 8.11. The number of hydrogen-bond donors (Lipinski definition) is 0. The maximum atomic E-state index is 9.76. The molecule has 0 amide bonds. The van der Waals surface area contributed by atoms with Gasteiger partial charge in [-0.15, -0.1) is 0 Å². The predicted octanol–water partition coefficient (Wildman–Crippen LogP) is 0.314. The Balaban J connectivity index is 0. The summed E-state index contributed by atoms with van der Waals surface area (Å²) in [4.78, 5) is 9.76. The number of aliphatic carboxylic acids is 1. The van der Waals surface area contributed by atoms with Crippen LogP contribution in [0, 0.1) is 0 Å². The van der Waals surface area contributed by atoms with Gasteiger partial charge in [-0.05, 0) is 12.8 Å². The minimum atomic E-state index is -0.932. The van der Waals surface area contributed by atoms with Crippen LogP contribution in [0.5, 0.6) is 0 Å². The fourth-order valence-corrected chi connectivity index (χ4v) is 0.519. The number of carboxylic acid groups (broad SMARTS) is 1. The molecule has 0 fully saturated rings. The van der Waals surface area contributed by atoms with Crippen LogP contribution in [0.2, 0.25) is 0 Å². The van der Waals surface area contributed by atoms with E-state index in [1.54, 1.807) is 0 Å². The molecule has 0 radical (unpaired) electrons. The van der Waals surface area contributed by atoms with E-state index in [9.17, 15) is 9.90 Å². The van der Waals surface area contributed by atoms with Crippen molar-refractivity contribution >= 4 is 5.97 Å². The third-order valence-corrected chi connectivity index (χ3v) is 0.984. The molecule has 0 saturated carbocycles. The van der Waals surface area contributed by atoms with E-state index < -0.39 is 5.97 Å². The van der Waals surface area contributed by atoms with Gasteiger partial charge in [-0.1, -0.05) is 19.8 Å². The minimum Gasteiger partial charge on any atom is -0.550 e. The van der Waals surface area contributed by atoms with Crippen molar-refractivity contribution in [1.82, 2.24) is 0 Å². The Morgan fingerprint density at radius 3 is 2.33 bits per heavy atom. The molecule has 2 nitrogen and oxygen atoms in total. The SMILES string of the molecule is CCCCCC(=O)[O-].[Ag+].